The largest absolute Gasteiger partial charge is 0.466 e. The highest BCUT2D eigenvalue weighted by Gasteiger charge is 2.20. The summed E-state index contributed by atoms with van der Waals surface area (Å²) in [5.41, 5.74) is 0. The van der Waals surface area contributed by atoms with Gasteiger partial charge in [-0.3, -0.25) is 9.59 Å². The number of carbonyl (C=O) groups is 2. The number of unbranched alkanes of at least 4 members (excludes halogenated alkanes) is 51. The Morgan fingerprint density at radius 2 is 0.649 bits per heavy atom. The highest BCUT2D eigenvalue weighted by atomic mass is 16.5. The predicted octanol–water partition coefficient (Wildman–Crippen LogP) is 21.6. The van der Waals surface area contributed by atoms with Crippen molar-refractivity contribution in [2.24, 2.45) is 0 Å². The number of nitrogens with one attached hydrogen (secondary N) is 1. The molecule has 0 spiro atoms. The summed E-state index contributed by atoms with van der Waals surface area (Å²) >= 11 is 0. The van der Waals surface area contributed by atoms with E-state index in [1.807, 2.05) is 0 Å². The number of amides is 1. The summed E-state index contributed by atoms with van der Waals surface area (Å²) in [5.74, 6) is -0.0168. The van der Waals surface area contributed by atoms with Gasteiger partial charge in [-0.15, -0.1) is 0 Å². The van der Waals surface area contributed by atoms with Crippen molar-refractivity contribution in [2.45, 2.75) is 398 Å². The summed E-state index contributed by atoms with van der Waals surface area (Å²) in [5, 5.41) is 23.3. The minimum Gasteiger partial charge on any atom is -0.466 e. The van der Waals surface area contributed by atoms with E-state index in [1.54, 1.807) is 0 Å². The number of hydrogen-bond acceptors (Lipinski definition) is 5. The van der Waals surface area contributed by atoms with Crippen LogP contribution in [-0.4, -0.2) is 47.4 Å². The van der Waals surface area contributed by atoms with Crippen molar-refractivity contribution >= 4 is 11.9 Å². The minimum absolute atomic E-state index is 0.0111. The molecular formula is C68H133NO5. The van der Waals surface area contributed by atoms with Gasteiger partial charge < -0.3 is 20.3 Å². The van der Waals surface area contributed by atoms with Crippen molar-refractivity contribution in [2.75, 3.05) is 13.2 Å². The van der Waals surface area contributed by atoms with E-state index in [0.717, 1.165) is 44.9 Å². The lowest BCUT2D eigenvalue weighted by molar-refractivity contribution is -0.143. The molecule has 0 saturated carbocycles. The first kappa shape index (κ1) is 72.6. The molecule has 0 aromatic carbocycles. The van der Waals surface area contributed by atoms with Crippen molar-refractivity contribution in [3.63, 3.8) is 0 Å². The molecule has 0 fully saturated rings. The zero-order chi connectivity index (χ0) is 53.6. The average Bonchev–Trinajstić information content (AvgIpc) is 3.40. The molecule has 0 aliphatic rings. The molecule has 0 radical (unpaired) electrons. The normalized spacial score (nSPS) is 12.5. The molecular weight excluding hydrogens is 911 g/mol. The van der Waals surface area contributed by atoms with Gasteiger partial charge in [-0.1, -0.05) is 341 Å². The van der Waals surface area contributed by atoms with E-state index < -0.39 is 12.1 Å². The molecule has 0 aliphatic carbocycles. The van der Waals surface area contributed by atoms with Crippen molar-refractivity contribution in [1.82, 2.24) is 5.32 Å². The Labute approximate surface area is 463 Å². The molecule has 6 nitrogen and oxygen atoms in total. The van der Waals surface area contributed by atoms with Gasteiger partial charge in [0.05, 0.1) is 25.4 Å². The Kier molecular flexibility index (Phi) is 62.9. The standard InChI is InChI=1S/C68H133NO5/c1-3-5-7-9-11-13-15-37-41-44-48-52-56-60-66(71)65(64-70)69-67(72)61-57-53-49-45-42-38-35-33-31-29-27-25-23-21-19-17-16-18-20-22-24-26-28-30-32-34-36-39-43-47-51-55-59-63-74-68(73)62-58-54-50-46-40-14-12-10-8-6-4-2/h10,12,65-66,70-71H,3-9,11,13-64H2,1-2H3,(H,69,72)/b12-10-. The topological polar surface area (TPSA) is 95.9 Å². The van der Waals surface area contributed by atoms with E-state index in [0.29, 0.717) is 25.9 Å². The quantitative estimate of drug-likeness (QED) is 0.0320. The summed E-state index contributed by atoms with van der Waals surface area (Å²) in [7, 11) is 0. The van der Waals surface area contributed by atoms with Crippen LogP contribution in [0.4, 0.5) is 0 Å². The molecule has 2 atom stereocenters. The molecule has 0 aromatic heterocycles. The van der Waals surface area contributed by atoms with Crippen molar-refractivity contribution in [3.8, 4) is 0 Å². The Balaban J connectivity index is 3.30. The van der Waals surface area contributed by atoms with E-state index >= 15 is 0 Å². The van der Waals surface area contributed by atoms with Gasteiger partial charge in [-0.2, -0.15) is 0 Å². The third kappa shape index (κ3) is 59.8. The summed E-state index contributed by atoms with van der Waals surface area (Å²) in [6.07, 6.45) is 78.4. The van der Waals surface area contributed by atoms with Crippen molar-refractivity contribution in [1.29, 1.82) is 0 Å². The number of carbonyl (C=O) groups excluding carboxylic acids is 2. The van der Waals surface area contributed by atoms with Gasteiger partial charge in [0.2, 0.25) is 5.91 Å². The van der Waals surface area contributed by atoms with Gasteiger partial charge in [0.1, 0.15) is 0 Å². The first-order chi connectivity index (χ1) is 36.5. The molecule has 0 aromatic rings. The number of aliphatic hydroxyl groups excluding tert-OH is 2. The third-order valence-electron chi connectivity index (χ3n) is 16.1. The van der Waals surface area contributed by atoms with Gasteiger partial charge in [-0.05, 0) is 44.9 Å². The number of aliphatic hydroxyl groups is 2. The van der Waals surface area contributed by atoms with Gasteiger partial charge in [0, 0.05) is 12.8 Å². The molecule has 3 N–H and O–H groups in total. The van der Waals surface area contributed by atoms with Crippen LogP contribution in [0.15, 0.2) is 12.2 Å². The van der Waals surface area contributed by atoms with E-state index in [-0.39, 0.29) is 18.5 Å². The Hall–Kier alpha value is -1.40. The molecule has 74 heavy (non-hydrogen) atoms. The zero-order valence-electron chi connectivity index (χ0n) is 50.4. The highest BCUT2D eigenvalue weighted by molar-refractivity contribution is 5.76. The maximum Gasteiger partial charge on any atom is 0.305 e. The first-order valence-corrected chi connectivity index (χ1v) is 33.9. The zero-order valence-corrected chi connectivity index (χ0v) is 50.4. The van der Waals surface area contributed by atoms with Crippen LogP contribution in [-0.2, 0) is 14.3 Å². The van der Waals surface area contributed by atoms with Crippen molar-refractivity contribution < 1.29 is 24.5 Å². The van der Waals surface area contributed by atoms with Gasteiger partial charge >= 0.3 is 5.97 Å². The summed E-state index contributed by atoms with van der Waals surface area (Å²) in [4.78, 5) is 24.5. The maximum absolute atomic E-state index is 12.5. The van der Waals surface area contributed by atoms with Crippen molar-refractivity contribution in [3.05, 3.63) is 12.2 Å². The predicted molar refractivity (Wildman–Crippen MR) is 324 cm³/mol. The van der Waals surface area contributed by atoms with Gasteiger partial charge in [-0.25, -0.2) is 0 Å². The fourth-order valence-corrected chi connectivity index (χ4v) is 10.9. The summed E-state index contributed by atoms with van der Waals surface area (Å²) in [6, 6.07) is -0.536. The van der Waals surface area contributed by atoms with Crippen LogP contribution >= 0.6 is 0 Å². The Morgan fingerprint density at radius 1 is 0.365 bits per heavy atom. The molecule has 440 valence electrons. The molecule has 6 heteroatoms. The van der Waals surface area contributed by atoms with Crippen LogP contribution < -0.4 is 5.32 Å². The lowest BCUT2D eigenvalue weighted by Gasteiger charge is -2.22. The Bertz CT molecular complexity index is 1110. The number of allylic oxidation sites excluding steroid dienone is 2. The van der Waals surface area contributed by atoms with E-state index in [9.17, 15) is 19.8 Å². The Morgan fingerprint density at radius 3 is 1.00 bits per heavy atom. The van der Waals surface area contributed by atoms with Crippen LogP contribution in [0.25, 0.3) is 0 Å². The molecule has 0 saturated heterocycles. The third-order valence-corrected chi connectivity index (χ3v) is 16.1. The second-order valence-electron chi connectivity index (χ2n) is 23.5. The van der Waals surface area contributed by atoms with E-state index in [2.05, 4.69) is 31.3 Å². The maximum atomic E-state index is 12.5. The second kappa shape index (κ2) is 64.1. The lowest BCUT2D eigenvalue weighted by Crippen LogP contribution is -2.45. The molecule has 1 amide bonds. The monoisotopic (exact) mass is 1040 g/mol. The lowest BCUT2D eigenvalue weighted by atomic mass is 10.0. The first-order valence-electron chi connectivity index (χ1n) is 33.9. The number of ether oxygens (including phenoxy) is 1. The fourth-order valence-electron chi connectivity index (χ4n) is 10.9. The average molecular weight is 1040 g/mol. The highest BCUT2D eigenvalue weighted by Crippen LogP contribution is 2.19. The molecule has 0 rings (SSSR count). The summed E-state index contributed by atoms with van der Waals surface area (Å²) < 4.78 is 5.47. The van der Waals surface area contributed by atoms with Crippen LogP contribution in [0, 0.1) is 0 Å². The molecule has 0 aliphatic heterocycles. The van der Waals surface area contributed by atoms with Gasteiger partial charge in [0.15, 0.2) is 0 Å². The smallest absolute Gasteiger partial charge is 0.305 e. The minimum atomic E-state index is -0.659. The molecule has 0 heterocycles. The van der Waals surface area contributed by atoms with Crippen LogP contribution in [0.2, 0.25) is 0 Å². The second-order valence-corrected chi connectivity index (χ2v) is 23.5. The van der Waals surface area contributed by atoms with Crippen LogP contribution in [0.5, 0.6) is 0 Å². The molecule has 0 bridgehead atoms. The SMILES string of the molecule is CCCC/C=C\CCCCCCCC(=O)OCCCCCCCCCCCCCCCCCCCCCCCCCCCCCCCCCCCC(=O)NC(CO)C(O)CCCCCCCCCCCCCCC. The van der Waals surface area contributed by atoms with Crippen LogP contribution in [0.1, 0.15) is 386 Å². The summed E-state index contributed by atoms with van der Waals surface area (Å²) in [6.45, 7) is 4.94. The fraction of sp³-hybridized carbons (Fsp3) is 0.941. The molecule has 2 unspecified atom stereocenters. The van der Waals surface area contributed by atoms with E-state index in [4.69, 9.17) is 4.74 Å². The number of rotatable bonds is 64. The van der Waals surface area contributed by atoms with Gasteiger partial charge in [0.25, 0.3) is 0 Å². The number of esters is 1. The van der Waals surface area contributed by atoms with E-state index in [1.165, 1.54) is 308 Å². The van der Waals surface area contributed by atoms with Crippen LogP contribution in [0.3, 0.4) is 0 Å². The number of hydrogen-bond donors (Lipinski definition) is 3.